The molecular formula is C12H21N3. The molecule has 0 aromatic carbocycles. The summed E-state index contributed by atoms with van der Waals surface area (Å²) in [5.41, 5.74) is 3.64. The van der Waals surface area contributed by atoms with Crippen molar-refractivity contribution in [1.29, 1.82) is 0 Å². The normalized spacial score (nSPS) is 12.8. The van der Waals surface area contributed by atoms with E-state index in [1.54, 1.807) is 0 Å². The minimum atomic E-state index is 0.385. The maximum atomic E-state index is 4.36. The minimum absolute atomic E-state index is 0.385. The second kappa shape index (κ2) is 5.12. The first-order valence-corrected chi connectivity index (χ1v) is 5.36. The standard InChI is InChI=1S/C12H21N3/c1-9(2)6-7-12(13-4)11-8-15(5)14-10(11)3/h8,12-13H,1,6-7H2,2-5H3. The van der Waals surface area contributed by atoms with E-state index in [9.17, 15) is 0 Å². The van der Waals surface area contributed by atoms with E-state index >= 15 is 0 Å². The molecule has 0 fully saturated rings. The first-order chi connectivity index (χ1) is 7.04. The van der Waals surface area contributed by atoms with Gasteiger partial charge >= 0.3 is 0 Å². The van der Waals surface area contributed by atoms with E-state index in [1.807, 2.05) is 18.8 Å². The molecule has 1 aromatic heterocycles. The van der Waals surface area contributed by atoms with E-state index < -0.39 is 0 Å². The number of hydrogen-bond acceptors (Lipinski definition) is 2. The van der Waals surface area contributed by atoms with Crippen molar-refractivity contribution in [2.24, 2.45) is 7.05 Å². The van der Waals surface area contributed by atoms with Crippen molar-refractivity contribution in [3.63, 3.8) is 0 Å². The average molecular weight is 207 g/mol. The fraction of sp³-hybridized carbons (Fsp3) is 0.583. The molecule has 0 aliphatic heterocycles. The molecule has 0 saturated heterocycles. The van der Waals surface area contributed by atoms with E-state index in [0.717, 1.165) is 18.5 Å². The smallest absolute Gasteiger partial charge is 0.0641 e. The Balaban J connectivity index is 2.73. The summed E-state index contributed by atoms with van der Waals surface area (Å²) in [7, 11) is 3.96. The summed E-state index contributed by atoms with van der Waals surface area (Å²) in [6.45, 7) is 8.06. The SMILES string of the molecule is C=C(C)CCC(NC)c1cn(C)nc1C. The van der Waals surface area contributed by atoms with Crippen LogP contribution in [0.15, 0.2) is 18.3 Å². The molecule has 0 amide bonds. The van der Waals surface area contributed by atoms with Gasteiger partial charge in [-0.05, 0) is 33.7 Å². The number of nitrogens with zero attached hydrogens (tertiary/aromatic N) is 2. The summed E-state index contributed by atoms with van der Waals surface area (Å²) >= 11 is 0. The van der Waals surface area contributed by atoms with Crippen LogP contribution in [0.4, 0.5) is 0 Å². The van der Waals surface area contributed by atoms with Gasteiger partial charge in [-0.2, -0.15) is 5.10 Å². The van der Waals surface area contributed by atoms with Crippen molar-refractivity contribution < 1.29 is 0 Å². The van der Waals surface area contributed by atoms with Crippen molar-refractivity contribution in [3.05, 3.63) is 29.6 Å². The van der Waals surface area contributed by atoms with E-state index in [4.69, 9.17) is 0 Å². The zero-order valence-electron chi connectivity index (χ0n) is 10.2. The minimum Gasteiger partial charge on any atom is -0.313 e. The fourth-order valence-electron chi connectivity index (χ4n) is 1.81. The van der Waals surface area contributed by atoms with Crippen LogP contribution in [0, 0.1) is 6.92 Å². The van der Waals surface area contributed by atoms with Crippen LogP contribution in [-0.4, -0.2) is 16.8 Å². The summed E-state index contributed by atoms with van der Waals surface area (Å²) in [6, 6.07) is 0.385. The molecule has 0 saturated carbocycles. The Bertz CT molecular complexity index is 339. The molecule has 1 unspecified atom stereocenters. The number of hydrogen-bond donors (Lipinski definition) is 1. The molecule has 1 aromatic rings. The third kappa shape index (κ3) is 3.20. The second-order valence-corrected chi connectivity index (χ2v) is 4.18. The highest BCUT2D eigenvalue weighted by Gasteiger charge is 2.14. The molecule has 0 spiro atoms. The van der Waals surface area contributed by atoms with Gasteiger partial charge in [0.2, 0.25) is 0 Å². The number of allylic oxidation sites excluding steroid dienone is 1. The Morgan fingerprint density at radius 1 is 1.67 bits per heavy atom. The van der Waals surface area contributed by atoms with E-state index in [2.05, 4.69) is 37.0 Å². The van der Waals surface area contributed by atoms with Crippen molar-refractivity contribution in [2.75, 3.05) is 7.05 Å². The topological polar surface area (TPSA) is 29.9 Å². The molecule has 15 heavy (non-hydrogen) atoms. The van der Waals surface area contributed by atoms with Crippen LogP contribution < -0.4 is 5.32 Å². The maximum absolute atomic E-state index is 4.36. The molecule has 1 heterocycles. The maximum Gasteiger partial charge on any atom is 0.0641 e. The van der Waals surface area contributed by atoms with E-state index in [1.165, 1.54) is 11.1 Å². The lowest BCUT2D eigenvalue weighted by Gasteiger charge is -2.15. The van der Waals surface area contributed by atoms with Crippen molar-refractivity contribution >= 4 is 0 Å². The van der Waals surface area contributed by atoms with Crippen LogP contribution in [0.25, 0.3) is 0 Å². The molecule has 0 aliphatic carbocycles. The molecule has 0 aliphatic rings. The van der Waals surface area contributed by atoms with Gasteiger partial charge in [0.15, 0.2) is 0 Å². The molecular weight excluding hydrogens is 186 g/mol. The van der Waals surface area contributed by atoms with Gasteiger partial charge in [-0.1, -0.05) is 5.57 Å². The quantitative estimate of drug-likeness (QED) is 0.751. The van der Waals surface area contributed by atoms with Crippen LogP contribution in [0.1, 0.15) is 37.1 Å². The Morgan fingerprint density at radius 3 is 2.73 bits per heavy atom. The number of rotatable bonds is 5. The largest absolute Gasteiger partial charge is 0.313 e. The monoisotopic (exact) mass is 207 g/mol. The lowest BCUT2D eigenvalue weighted by Crippen LogP contribution is -2.16. The Kier molecular flexibility index (Phi) is 4.09. The third-order valence-corrected chi connectivity index (χ3v) is 2.64. The number of aromatic nitrogens is 2. The fourth-order valence-corrected chi connectivity index (χ4v) is 1.81. The Labute approximate surface area is 92.2 Å². The lowest BCUT2D eigenvalue weighted by atomic mass is 10.0. The summed E-state index contributed by atoms with van der Waals surface area (Å²) in [5.74, 6) is 0. The summed E-state index contributed by atoms with van der Waals surface area (Å²) in [5, 5.41) is 7.69. The van der Waals surface area contributed by atoms with Gasteiger partial charge in [0.05, 0.1) is 5.69 Å². The van der Waals surface area contributed by atoms with Gasteiger partial charge in [-0.25, -0.2) is 0 Å². The molecule has 84 valence electrons. The molecule has 0 radical (unpaired) electrons. The van der Waals surface area contributed by atoms with Gasteiger partial charge < -0.3 is 5.32 Å². The molecule has 0 bridgehead atoms. The third-order valence-electron chi connectivity index (χ3n) is 2.64. The van der Waals surface area contributed by atoms with Gasteiger partial charge in [0.1, 0.15) is 0 Å². The van der Waals surface area contributed by atoms with Crippen molar-refractivity contribution in [3.8, 4) is 0 Å². The zero-order valence-corrected chi connectivity index (χ0v) is 10.2. The van der Waals surface area contributed by atoms with Gasteiger partial charge in [-0.3, -0.25) is 4.68 Å². The first-order valence-electron chi connectivity index (χ1n) is 5.36. The summed E-state index contributed by atoms with van der Waals surface area (Å²) < 4.78 is 1.87. The summed E-state index contributed by atoms with van der Waals surface area (Å²) in [4.78, 5) is 0. The molecule has 1 atom stereocenters. The highest BCUT2D eigenvalue weighted by molar-refractivity contribution is 5.20. The average Bonchev–Trinajstić information content (AvgIpc) is 2.46. The van der Waals surface area contributed by atoms with Crippen LogP contribution >= 0.6 is 0 Å². The number of nitrogens with one attached hydrogen (secondary N) is 1. The van der Waals surface area contributed by atoms with Gasteiger partial charge in [0.25, 0.3) is 0 Å². The Hall–Kier alpha value is -1.09. The van der Waals surface area contributed by atoms with Crippen molar-refractivity contribution in [1.82, 2.24) is 15.1 Å². The van der Waals surface area contributed by atoms with Crippen molar-refractivity contribution in [2.45, 2.75) is 32.7 Å². The molecule has 1 rings (SSSR count). The van der Waals surface area contributed by atoms with Crippen LogP contribution in [-0.2, 0) is 7.05 Å². The second-order valence-electron chi connectivity index (χ2n) is 4.18. The van der Waals surface area contributed by atoms with Crippen LogP contribution in [0.3, 0.4) is 0 Å². The van der Waals surface area contributed by atoms with Gasteiger partial charge in [-0.15, -0.1) is 6.58 Å². The predicted octanol–water partition coefficient (Wildman–Crippen LogP) is 2.35. The highest BCUT2D eigenvalue weighted by Crippen LogP contribution is 2.22. The molecule has 1 N–H and O–H groups in total. The van der Waals surface area contributed by atoms with Crippen LogP contribution in [0.2, 0.25) is 0 Å². The molecule has 3 nitrogen and oxygen atoms in total. The summed E-state index contributed by atoms with van der Waals surface area (Å²) in [6.07, 6.45) is 4.23. The van der Waals surface area contributed by atoms with E-state index in [0.29, 0.717) is 6.04 Å². The zero-order chi connectivity index (χ0) is 11.4. The molecule has 3 heteroatoms. The van der Waals surface area contributed by atoms with Gasteiger partial charge in [0, 0.05) is 24.8 Å². The van der Waals surface area contributed by atoms with E-state index in [-0.39, 0.29) is 0 Å². The Morgan fingerprint density at radius 2 is 2.33 bits per heavy atom. The van der Waals surface area contributed by atoms with Crippen LogP contribution in [0.5, 0.6) is 0 Å². The number of aryl methyl sites for hydroxylation is 2. The lowest BCUT2D eigenvalue weighted by molar-refractivity contribution is 0.545. The highest BCUT2D eigenvalue weighted by atomic mass is 15.3. The predicted molar refractivity (Wildman–Crippen MR) is 63.8 cm³/mol. The first kappa shape index (κ1) is 12.0.